The fraction of sp³-hybridized carbons (Fsp3) is 0.706. The summed E-state index contributed by atoms with van der Waals surface area (Å²) < 4.78 is 64.2. The van der Waals surface area contributed by atoms with Crippen LogP contribution < -0.4 is 0 Å². The van der Waals surface area contributed by atoms with Crippen LogP contribution in [0.5, 0.6) is 0 Å². The number of hydrogen-bond acceptors (Lipinski definition) is 14. The molecule has 0 aromatic heterocycles. The molecule has 316 valence electrons. The molecule has 8 atom stereocenters. The van der Waals surface area contributed by atoms with Gasteiger partial charge in [0.25, 0.3) is 0 Å². The van der Waals surface area contributed by atoms with Gasteiger partial charge in [0.05, 0.1) is 6.61 Å². The number of carbonyl (C=O) groups excluding carboxylic acids is 2. The van der Waals surface area contributed by atoms with Crippen molar-refractivity contribution in [3.05, 3.63) is 0 Å². The fourth-order valence-corrected chi connectivity index (χ4v) is 7.39. The minimum Gasteiger partial charge on any atom is -0.456 e. The molecule has 0 aromatic carbocycles. The van der Waals surface area contributed by atoms with Gasteiger partial charge in [-0.25, -0.2) is 18.5 Å². The molecule has 1 fully saturated rings. The van der Waals surface area contributed by atoms with Gasteiger partial charge in [-0.15, -0.1) is 6.42 Å². The van der Waals surface area contributed by atoms with Crippen molar-refractivity contribution >= 4 is 35.4 Å². The van der Waals surface area contributed by atoms with Crippen molar-refractivity contribution in [2.75, 3.05) is 13.2 Å². The van der Waals surface area contributed by atoms with Crippen LogP contribution in [0.2, 0.25) is 0 Å². The van der Waals surface area contributed by atoms with Gasteiger partial charge in [-0.3, -0.25) is 22.9 Å². The summed E-state index contributed by atoms with van der Waals surface area (Å²) in [5.41, 5.74) is 0. The van der Waals surface area contributed by atoms with Gasteiger partial charge in [-0.2, -0.15) is 0 Å². The van der Waals surface area contributed by atoms with E-state index in [0.29, 0.717) is 12.8 Å². The average molecular weight is 857 g/mol. The molecular weight excluding hydrogens is 805 g/mol. The Kier molecular flexibility index (Phi) is 24.9. The molecule has 8 N–H and O–H groups in total. The third kappa shape index (κ3) is 23.6. The summed E-state index contributed by atoms with van der Waals surface area (Å²) in [6.07, 6.45) is 2.04. The van der Waals surface area contributed by atoms with Crippen molar-refractivity contribution in [1.29, 1.82) is 0 Å². The highest BCUT2D eigenvalue weighted by Crippen LogP contribution is 2.51. The van der Waals surface area contributed by atoms with Gasteiger partial charge in [0, 0.05) is 12.3 Å². The Balaban J connectivity index is 2.91. The summed E-state index contributed by atoms with van der Waals surface area (Å²) in [7, 11) is -16.7. The molecule has 0 aromatic rings. The van der Waals surface area contributed by atoms with E-state index in [1.807, 2.05) is 11.8 Å². The lowest BCUT2D eigenvalue weighted by atomic mass is 9.85. The maximum absolute atomic E-state index is 13.0. The van der Waals surface area contributed by atoms with Crippen LogP contribution in [0.4, 0.5) is 0 Å². The zero-order chi connectivity index (χ0) is 42.2. The minimum absolute atomic E-state index is 0.0751. The number of hydrogen-bond donors (Lipinski definition) is 8. The largest absolute Gasteiger partial charge is 0.472 e. The molecule has 1 rings (SSSR count). The Hall–Kier alpha value is -2.61. The van der Waals surface area contributed by atoms with E-state index >= 15 is 0 Å². The SMILES string of the molecule is C#CC#CC#CC#CC(=O)OC[C@H](COP(=O)(O)OC1C(O)[C@@H](OP(=O)(O)O)C(O)[C@@H](OP(=O)(O)O)[C@H]1O)OC(=O)CCCCCCCCCCCCCCC. The maximum Gasteiger partial charge on any atom is 0.472 e. The zero-order valence-corrected chi connectivity index (χ0v) is 33.5. The lowest BCUT2D eigenvalue weighted by Crippen LogP contribution is -2.65. The van der Waals surface area contributed by atoms with Gasteiger partial charge < -0.3 is 49.3 Å². The quantitative estimate of drug-likeness (QED) is 0.0203. The number of aliphatic hydroxyl groups excluding tert-OH is 3. The number of unbranched alkanes of at least 4 members (excludes halogenated alkanes) is 12. The summed E-state index contributed by atoms with van der Waals surface area (Å²) in [5.74, 6) is 13.1. The summed E-state index contributed by atoms with van der Waals surface area (Å²) in [6.45, 7) is 0.370. The zero-order valence-electron chi connectivity index (χ0n) is 30.8. The van der Waals surface area contributed by atoms with E-state index in [2.05, 4.69) is 45.6 Å². The van der Waals surface area contributed by atoms with E-state index in [0.717, 1.165) is 25.7 Å². The van der Waals surface area contributed by atoms with Crippen LogP contribution in [-0.4, -0.2) is 108 Å². The maximum atomic E-state index is 13.0. The number of esters is 2. The Morgan fingerprint density at radius 2 is 1.05 bits per heavy atom. The van der Waals surface area contributed by atoms with E-state index in [1.165, 1.54) is 44.9 Å². The molecule has 0 aliphatic heterocycles. The number of ether oxygens (including phenoxy) is 2. The van der Waals surface area contributed by atoms with Crippen molar-refractivity contribution < 1.29 is 90.6 Å². The summed E-state index contributed by atoms with van der Waals surface area (Å²) in [4.78, 5) is 72.0. The van der Waals surface area contributed by atoms with Gasteiger partial charge in [-0.05, 0) is 41.9 Å². The first-order valence-corrected chi connectivity index (χ1v) is 22.4. The summed E-state index contributed by atoms with van der Waals surface area (Å²) in [5, 5.41) is 31.5. The first kappa shape index (κ1) is 51.4. The second kappa shape index (κ2) is 27.1. The molecule has 0 saturated heterocycles. The number of terminal acetylenes is 1. The molecule has 0 spiro atoms. The smallest absolute Gasteiger partial charge is 0.456 e. The van der Waals surface area contributed by atoms with Crippen LogP contribution in [-0.2, 0) is 50.9 Å². The van der Waals surface area contributed by atoms with Gasteiger partial charge in [-0.1, -0.05) is 84.0 Å². The van der Waals surface area contributed by atoms with Crippen molar-refractivity contribution in [3.63, 3.8) is 0 Å². The van der Waals surface area contributed by atoms with Crippen LogP contribution in [0.3, 0.4) is 0 Å². The first-order valence-electron chi connectivity index (χ1n) is 17.8. The molecule has 4 unspecified atom stereocenters. The van der Waals surface area contributed by atoms with Gasteiger partial charge in [0.15, 0.2) is 6.10 Å². The molecule has 0 radical (unpaired) electrons. The van der Waals surface area contributed by atoms with Gasteiger partial charge in [0.1, 0.15) is 43.2 Å². The number of rotatable bonds is 26. The van der Waals surface area contributed by atoms with Crippen LogP contribution in [0.15, 0.2) is 0 Å². The monoisotopic (exact) mass is 856 g/mol. The number of carbonyl (C=O) groups is 2. The number of aliphatic hydroxyl groups is 3. The fourth-order valence-electron chi connectivity index (χ4n) is 5.28. The average Bonchev–Trinajstić information content (AvgIpc) is 3.11. The molecule has 22 heteroatoms. The van der Waals surface area contributed by atoms with Crippen molar-refractivity contribution in [2.45, 2.75) is 140 Å². The third-order valence-electron chi connectivity index (χ3n) is 7.89. The molecule has 56 heavy (non-hydrogen) atoms. The van der Waals surface area contributed by atoms with E-state index in [1.54, 1.807) is 0 Å². The molecule has 19 nitrogen and oxygen atoms in total. The van der Waals surface area contributed by atoms with Crippen molar-refractivity contribution in [3.8, 4) is 47.9 Å². The van der Waals surface area contributed by atoms with E-state index in [4.69, 9.17) is 24.9 Å². The highest BCUT2D eigenvalue weighted by atomic mass is 31.2. The van der Waals surface area contributed by atoms with E-state index in [9.17, 15) is 63.1 Å². The molecule has 0 bridgehead atoms. The van der Waals surface area contributed by atoms with Crippen LogP contribution in [0, 0.1) is 47.9 Å². The topological polar surface area (TPSA) is 303 Å². The molecule has 1 saturated carbocycles. The van der Waals surface area contributed by atoms with E-state index < -0.39 is 91.3 Å². The molecule has 0 amide bonds. The third-order valence-corrected chi connectivity index (χ3v) is 9.91. The second-order valence-corrected chi connectivity index (χ2v) is 16.3. The van der Waals surface area contributed by atoms with Gasteiger partial charge >= 0.3 is 35.4 Å². The van der Waals surface area contributed by atoms with Crippen LogP contribution in [0.1, 0.15) is 96.8 Å². The highest BCUT2D eigenvalue weighted by molar-refractivity contribution is 7.47. The lowest BCUT2D eigenvalue weighted by molar-refractivity contribution is -0.213. The second-order valence-electron chi connectivity index (χ2n) is 12.5. The first-order chi connectivity index (χ1) is 26.3. The van der Waals surface area contributed by atoms with Crippen molar-refractivity contribution in [1.82, 2.24) is 0 Å². The molecular formula is C34H51O19P3. The van der Waals surface area contributed by atoms with Crippen molar-refractivity contribution in [2.24, 2.45) is 0 Å². The Morgan fingerprint density at radius 3 is 1.52 bits per heavy atom. The van der Waals surface area contributed by atoms with E-state index in [-0.39, 0.29) is 6.42 Å². The Morgan fingerprint density at radius 1 is 0.625 bits per heavy atom. The summed E-state index contributed by atoms with van der Waals surface area (Å²) in [6, 6.07) is 0. The number of phosphoric acid groups is 3. The van der Waals surface area contributed by atoms with Crippen LogP contribution >= 0.6 is 23.5 Å². The number of phosphoric ester groups is 3. The predicted octanol–water partition coefficient (Wildman–Crippen LogP) is 2.12. The Labute approximate surface area is 326 Å². The minimum atomic E-state index is -5.57. The predicted molar refractivity (Wildman–Crippen MR) is 196 cm³/mol. The highest BCUT2D eigenvalue weighted by Gasteiger charge is 2.56. The molecule has 0 heterocycles. The molecule has 1 aliphatic rings. The normalized spacial score (nSPS) is 22.4. The lowest BCUT2D eigenvalue weighted by Gasteiger charge is -2.44. The van der Waals surface area contributed by atoms with Gasteiger partial charge in [0.2, 0.25) is 0 Å². The standard InChI is InChI=1S/C34H51O19P3/c1-3-5-7-9-11-12-13-14-15-16-17-19-21-23-28(36)50-26(24-48-27(35)22-20-18-10-8-6-4-2)25-49-56(46,47)53-34-30(38)32(51-54(40,41)42)29(37)33(31(34)39)52-55(43,44)45/h2,26,29-34,37-39H,3,5,7,9,11-17,19,21,23-25H2,1H3,(H,46,47)(H2,40,41,42)(H2,43,44,45)/t26-,29?,30-,31?,32-,33+,34?/m1/s1. The molecule has 1 aliphatic carbocycles. The summed E-state index contributed by atoms with van der Waals surface area (Å²) >= 11 is 0. The Bertz CT molecular complexity index is 1560. The van der Waals surface area contributed by atoms with Crippen LogP contribution in [0.25, 0.3) is 0 Å².